The van der Waals surface area contributed by atoms with Gasteiger partial charge in [-0.3, -0.25) is 4.79 Å². The second kappa shape index (κ2) is 5.42. The Morgan fingerprint density at radius 3 is 2.86 bits per heavy atom. The van der Waals surface area contributed by atoms with E-state index in [9.17, 15) is 4.79 Å². The lowest BCUT2D eigenvalue weighted by Gasteiger charge is -2.33. The minimum atomic E-state index is 0.0454. The zero-order valence-electron chi connectivity index (χ0n) is 12.8. The lowest BCUT2D eigenvalue weighted by atomic mass is 9.93. The van der Waals surface area contributed by atoms with Crippen molar-refractivity contribution in [2.75, 3.05) is 13.1 Å². The van der Waals surface area contributed by atoms with Crippen molar-refractivity contribution in [3.05, 3.63) is 18.1 Å². The third-order valence-electron chi connectivity index (χ3n) is 4.10. The average Bonchev–Trinajstić information content (AvgIpc) is 2.84. The summed E-state index contributed by atoms with van der Waals surface area (Å²) in [4.78, 5) is 23.0. The van der Waals surface area contributed by atoms with Crippen LogP contribution in [0.5, 0.6) is 0 Å². The van der Waals surface area contributed by atoms with Gasteiger partial charge in [-0.2, -0.15) is 5.10 Å². The Balaban J connectivity index is 1.90. The molecule has 6 nitrogen and oxygen atoms in total. The van der Waals surface area contributed by atoms with Crippen LogP contribution in [0.15, 0.2) is 12.4 Å². The molecule has 112 valence electrons. The Labute approximate surface area is 124 Å². The van der Waals surface area contributed by atoms with Crippen molar-refractivity contribution in [1.82, 2.24) is 24.6 Å². The van der Waals surface area contributed by atoms with Crippen molar-refractivity contribution in [1.29, 1.82) is 0 Å². The van der Waals surface area contributed by atoms with E-state index in [-0.39, 0.29) is 17.7 Å². The molecule has 1 aliphatic rings. The maximum absolute atomic E-state index is 12.2. The Kier molecular flexibility index (Phi) is 3.61. The summed E-state index contributed by atoms with van der Waals surface area (Å²) in [5.74, 6) is 0.525. The van der Waals surface area contributed by atoms with Gasteiger partial charge in [-0.25, -0.2) is 14.6 Å². The van der Waals surface area contributed by atoms with Crippen LogP contribution < -0.4 is 0 Å². The number of hydrogen-bond donors (Lipinski definition) is 0. The van der Waals surface area contributed by atoms with Crippen molar-refractivity contribution < 1.29 is 4.79 Å². The van der Waals surface area contributed by atoms with Crippen LogP contribution in [0.2, 0.25) is 0 Å². The van der Waals surface area contributed by atoms with Crippen LogP contribution in [0.25, 0.3) is 11.2 Å². The maximum atomic E-state index is 12.2. The minimum Gasteiger partial charge on any atom is -0.342 e. The molecular formula is C15H21N5O. The molecule has 1 aliphatic heterocycles. The first-order valence-electron chi connectivity index (χ1n) is 7.50. The van der Waals surface area contributed by atoms with E-state index in [0.29, 0.717) is 0 Å². The van der Waals surface area contributed by atoms with Gasteiger partial charge in [0.25, 0.3) is 0 Å². The number of amides is 1. The first kappa shape index (κ1) is 14.0. The minimum absolute atomic E-state index is 0.0454. The van der Waals surface area contributed by atoms with Gasteiger partial charge in [-0.05, 0) is 12.8 Å². The van der Waals surface area contributed by atoms with Gasteiger partial charge in [-0.1, -0.05) is 13.8 Å². The molecule has 3 heterocycles. The van der Waals surface area contributed by atoms with Crippen LogP contribution in [0, 0.1) is 5.92 Å². The summed E-state index contributed by atoms with van der Waals surface area (Å²) in [7, 11) is 1.89. The van der Waals surface area contributed by atoms with Crippen molar-refractivity contribution in [2.45, 2.75) is 32.6 Å². The lowest BCUT2D eigenvalue weighted by molar-refractivity contribution is -0.135. The number of aryl methyl sites for hydroxylation is 1. The number of rotatable bonds is 2. The summed E-state index contributed by atoms with van der Waals surface area (Å²) >= 11 is 0. The van der Waals surface area contributed by atoms with Crippen molar-refractivity contribution >= 4 is 17.1 Å². The second-order valence-corrected chi connectivity index (χ2v) is 6.02. The summed E-state index contributed by atoms with van der Waals surface area (Å²) in [6.45, 7) is 5.49. The van der Waals surface area contributed by atoms with Gasteiger partial charge in [0.2, 0.25) is 5.91 Å². The maximum Gasteiger partial charge on any atom is 0.225 e. The van der Waals surface area contributed by atoms with Gasteiger partial charge in [-0.15, -0.1) is 0 Å². The van der Waals surface area contributed by atoms with Crippen LogP contribution >= 0.6 is 0 Å². The number of hydrogen-bond acceptors (Lipinski definition) is 4. The highest BCUT2D eigenvalue weighted by atomic mass is 16.2. The van der Waals surface area contributed by atoms with E-state index >= 15 is 0 Å². The van der Waals surface area contributed by atoms with E-state index in [0.717, 1.165) is 42.8 Å². The summed E-state index contributed by atoms with van der Waals surface area (Å²) in [5.41, 5.74) is 2.64. The lowest BCUT2D eigenvalue weighted by Crippen LogP contribution is -2.41. The van der Waals surface area contributed by atoms with Gasteiger partial charge in [0.15, 0.2) is 5.65 Å². The molecule has 1 saturated heterocycles. The van der Waals surface area contributed by atoms with Crippen molar-refractivity contribution in [3.63, 3.8) is 0 Å². The fourth-order valence-corrected chi connectivity index (χ4v) is 3.05. The largest absolute Gasteiger partial charge is 0.342 e. The molecule has 21 heavy (non-hydrogen) atoms. The fraction of sp³-hybridized carbons (Fsp3) is 0.600. The Hall–Kier alpha value is -1.98. The number of fused-ring (bicyclic) bond motifs is 1. The molecular weight excluding hydrogens is 266 g/mol. The van der Waals surface area contributed by atoms with Gasteiger partial charge in [0.05, 0.1) is 5.69 Å². The molecule has 0 radical (unpaired) electrons. The van der Waals surface area contributed by atoms with Crippen LogP contribution in [-0.2, 0) is 11.8 Å². The fourth-order valence-electron chi connectivity index (χ4n) is 3.05. The van der Waals surface area contributed by atoms with Crippen LogP contribution in [-0.4, -0.2) is 43.6 Å². The SMILES string of the molecule is CC(C)C(=O)N1CCCC(c2nn(C)c3nccnc23)C1. The van der Waals surface area contributed by atoms with E-state index in [1.807, 2.05) is 25.8 Å². The highest BCUT2D eigenvalue weighted by molar-refractivity contribution is 5.78. The topological polar surface area (TPSA) is 63.9 Å². The zero-order valence-corrected chi connectivity index (χ0v) is 12.8. The molecule has 1 unspecified atom stereocenters. The van der Waals surface area contributed by atoms with E-state index in [1.165, 1.54) is 0 Å². The van der Waals surface area contributed by atoms with Gasteiger partial charge in [0.1, 0.15) is 5.52 Å². The smallest absolute Gasteiger partial charge is 0.225 e. The standard InChI is InChI=1S/C15H21N5O/c1-10(2)15(21)20-8-4-5-11(9-20)12-13-14(19(3)18-12)17-7-6-16-13/h6-7,10-11H,4-5,8-9H2,1-3H3. The predicted molar refractivity (Wildman–Crippen MR) is 79.7 cm³/mol. The summed E-state index contributed by atoms with van der Waals surface area (Å²) in [6, 6.07) is 0. The molecule has 3 rings (SSSR count). The first-order valence-corrected chi connectivity index (χ1v) is 7.50. The zero-order chi connectivity index (χ0) is 15.0. The monoisotopic (exact) mass is 287 g/mol. The molecule has 1 atom stereocenters. The van der Waals surface area contributed by atoms with Gasteiger partial charge >= 0.3 is 0 Å². The number of likely N-dealkylation sites (tertiary alicyclic amines) is 1. The molecule has 6 heteroatoms. The molecule has 2 aromatic heterocycles. The number of carbonyl (C=O) groups excluding carboxylic acids is 1. The van der Waals surface area contributed by atoms with Gasteiger partial charge in [0, 0.05) is 44.4 Å². The van der Waals surface area contributed by atoms with Crippen LogP contribution in [0.4, 0.5) is 0 Å². The molecule has 0 aromatic carbocycles. The quantitative estimate of drug-likeness (QED) is 0.843. The third-order valence-corrected chi connectivity index (χ3v) is 4.10. The summed E-state index contributed by atoms with van der Waals surface area (Å²) in [6.07, 6.45) is 5.45. The molecule has 0 saturated carbocycles. The molecule has 1 fully saturated rings. The molecule has 1 amide bonds. The summed E-state index contributed by atoms with van der Waals surface area (Å²) < 4.78 is 1.78. The van der Waals surface area contributed by atoms with E-state index in [2.05, 4.69) is 15.1 Å². The highest BCUT2D eigenvalue weighted by Gasteiger charge is 2.29. The first-order chi connectivity index (χ1) is 10.1. The van der Waals surface area contributed by atoms with E-state index in [1.54, 1.807) is 17.1 Å². The predicted octanol–water partition coefficient (Wildman–Crippen LogP) is 1.73. The molecule has 2 aromatic rings. The van der Waals surface area contributed by atoms with E-state index < -0.39 is 0 Å². The third kappa shape index (κ3) is 2.50. The van der Waals surface area contributed by atoms with E-state index in [4.69, 9.17) is 0 Å². The van der Waals surface area contributed by atoms with Crippen LogP contribution in [0.3, 0.4) is 0 Å². The molecule has 0 aliphatic carbocycles. The molecule has 0 spiro atoms. The van der Waals surface area contributed by atoms with Crippen molar-refractivity contribution in [2.24, 2.45) is 13.0 Å². The van der Waals surface area contributed by atoms with Crippen molar-refractivity contribution in [3.8, 4) is 0 Å². The number of carbonyl (C=O) groups is 1. The normalized spacial score (nSPS) is 19.4. The Morgan fingerprint density at radius 2 is 2.10 bits per heavy atom. The van der Waals surface area contributed by atoms with Crippen LogP contribution in [0.1, 0.15) is 38.3 Å². The average molecular weight is 287 g/mol. The number of piperidine rings is 1. The molecule has 0 N–H and O–H groups in total. The Bertz CT molecular complexity index is 663. The number of aromatic nitrogens is 4. The Morgan fingerprint density at radius 1 is 1.33 bits per heavy atom. The highest BCUT2D eigenvalue weighted by Crippen LogP contribution is 2.30. The number of nitrogens with zero attached hydrogens (tertiary/aromatic N) is 5. The molecule has 0 bridgehead atoms. The summed E-state index contributed by atoms with van der Waals surface area (Å²) in [5, 5.41) is 4.61. The van der Waals surface area contributed by atoms with Gasteiger partial charge < -0.3 is 4.90 Å². The second-order valence-electron chi connectivity index (χ2n) is 6.02.